The van der Waals surface area contributed by atoms with Gasteiger partial charge in [-0.1, -0.05) is 76.1 Å². The van der Waals surface area contributed by atoms with E-state index in [4.69, 9.17) is 39.9 Å². The molecule has 100 heavy (non-hydrogen) atoms. The molecule has 38 heteroatoms. The summed E-state index contributed by atoms with van der Waals surface area (Å²) in [5.41, 5.74) is 13.2. The number of ether oxygens (including phenoxy) is 6. The normalized spacial score (nSPS) is 37.1. The standard InChI is InChI=1S/C62H96N12O26/c1-4-9-28(10-5-2)58(94)95-24-36-44(82)46(84)49(87)60(99-36)100-51-35(23-77)98-59(50(88)47(51)85)96-29-15-13-26(14-16-29)17-30-53(90)72-39(41(79)31-18-66-61(63)70-31)56(93)73-40(42(80)33-19-67-62(64)74(33)57-48(86)45(83)43(81)34(22-76)97-57)55(92)69-32(21-75)52(89)65-20-37(78)71-38(54(91)68-30)25(3)27-11-7-6-8-12-27/h6-8,11-16,25,28,30-36,38-51,57,59-62,66-67,70,75-77,79-88H,4-5,9-10,17-24,63-64H2,1-3H3,(H,65,89)(H,68,91)(H,69,92)(H,71,78)(H,72,90)(H,73,93)/t25-,30+,31-,32-,33-,34+,35+,36+,38-,39-,40+,41-,42-,43+,44+,45-,46-,47+,48-,49-,50-,51+,57-,59-,60+,61?,62?/m0/s1. The molecular weight excluding hydrogens is 1330 g/mol. The van der Waals surface area contributed by atoms with Crippen molar-refractivity contribution in [3.05, 3.63) is 65.7 Å². The summed E-state index contributed by atoms with van der Waals surface area (Å²) >= 11 is 0. The maximum atomic E-state index is 15.2. The number of amides is 6. The van der Waals surface area contributed by atoms with E-state index in [1.54, 1.807) is 37.3 Å². The van der Waals surface area contributed by atoms with Crippen LogP contribution in [-0.2, 0) is 63.7 Å². The van der Waals surface area contributed by atoms with Crippen molar-refractivity contribution < 1.29 is 128 Å². The first kappa shape index (κ1) is 79.3. The molecule has 26 N–H and O–H groups in total. The zero-order valence-corrected chi connectivity index (χ0v) is 55.1. The predicted molar refractivity (Wildman–Crippen MR) is 339 cm³/mol. The topological polar surface area (TPSA) is 601 Å². The van der Waals surface area contributed by atoms with Gasteiger partial charge in [0.1, 0.15) is 141 Å². The summed E-state index contributed by atoms with van der Waals surface area (Å²) in [6.45, 7) is 0.443. The summed E-state index contributed by atoms with van der Waals surface area (Å²) in [6, 6.07) is 1.19. The van der Waals surface area contributed by atoms with Crippen molar-refractivity contribution in [2.45, 2.75) is 218 Å². The van der Waals surface area contributed by atoms with Crippen LogP contribution < -0.4 is 64.1 Å². The Morgan fingerprint density at radius 1 is 0.610 bits per heavy atom. The Bertz CT molecular complexity index is 3020. The summed E-state index contributed by atoms with van der Waals surface area (Å²) in [5, 5.41) is 166. The highest BCUT2D eigenvalue weighted by Crippen LogP contribution is 2.33. The van der Waals surface area contributed by atoms with Gasteiger partial charge in [-0.15, -0.1) is 0 Å². The average molecular weight is 1430 g/mol. The average Bonchev–Trinajstić information content (AvgIpc) is 1.45. The fraction of sp³-hybridized carbons (Fsp3) is 0.694. The van der Waals surface area contributed by atoms with E-state index in [2.05, 4.69) is 47.9 Å². The molecule has 6 aliphatic heterocycles. The number of hydrogen-bond donors (Lipinski definition) is 24. The second-order valence-electron chi connectivity index (χ2n) is 25.7. The number of aliphatic hydroxyl groups excluding tert-OH is 13. The monoisotopic (exact) mass is 1420 g/mol. The Kier molecular flexibility index (Phi) is 28.7. The van der Waals surface area contributed by atoms with Crippen LogP contribution in [0.4, 0.5) is 0 Å². The molecule has 2 aromatic rings. The second kappa shape index (κ2) is 36.2. The lowest BCUT2D eigenvalue weighted by molar-refractivity contribution is -0.352. The largest absolute Gasteiger partial charge is 0.463 e. The van der Waals surface area contributed by atoms with Crippen molar-refractivity contribution in [1.82, 2.24) is 52.8 Å². The number of aliphatic hydroxyl groups is 13. The molecule has 0 aromatic heterocycles. The molecule has 0 radical (unpaired) electrons. The molecule has 6 amide bonds. The number of rotatable bonds is 23. The molecule has 6 fully saturated rings. The Hall–Kier alpha value is -6.39. The van der Waals surface area contributed by atoms with Crippen molar-refractivity contribution >= 4 is 41.4 Å². The number of carbonyl (C=O) groups is 7. The number of nitrogens with two attached hydrogens (primary N) is 2. The summed E-state index contributed by atoms with van der Waals surface area (Å²) in [5.74, 6) is -9.19. The van der Waals surface area contributed by atoms with Crippen LogP contribution in [0.25, 0.3) is 0 Å². The molecule has 6 saturated heterocycles. The third-order valence-corrected chi connectivity index (χ3v) is 18.7. The molecule has 0 aliphatic carbocycles. The molecule has 0 spiro atoms. The quantitative estimate of drug-likeness (QED) is 0.0459. The van der Waals surface area contributed by atoms with Crippen molar-refractivity contribution in [2.24, 2.45) is 17.4 Å². The van der Waals surface area contributed by atoms with Gasteiger partial charge >= 0.3 is 5.97 Å². The van der Waals surface area contributed by atoms with Crippen molar-refractivity contribution in [1.29, 1.82) is 0 Å². The van der Waals surface area contributed by atoms with E-state index in [1.807, 2.05) is 13.8 Å². The zero-order chi connectivity index (χ0) is 73.0. The highest BCUT2D eigenvalue weighted by molar-refractivity contribution is 5.98. The fourth-order valence-electron chi connectivity index (χ4n) is 12.9. The SMILES string of the molecule is CCCC(CCC)C(=O)OC[C@H]1O[C@H](O[C@H]2[C@H](O)[C@H](O)[C@@H](Oc3ccc(C[C@H]4NC(=O)[C@H]([C@@H](C)c5ccccc5)NC(=O)CNC(=O)[C@H](CO)NC(=O)[C@@H]([C@@H](O)[C@@H]5CNC(N)N5[C@H]5O[C@H](CO)[C@@H](O)[C@H](O)[C@@H]5O)NC(=O)[C@H]([C@@H](O)[C@@H]5CNC(N)N5)NC4=O)cc3)O[C@@H]2CO)[C@@H](O)[C@@H](O)[C@@H]1O. The fourth-order valence-corrected chi connectivity index (χ4v) is 12.9. The third-order valence-electron chi connectivity index (χ3n) is 18.7. The van der Waals surface area contributed by atoms with Gasteiger partial charge in [-0.3, -0.25) is 49.5 Å². The molecule has 6 aliphatic rings. The van der Waals surface area contributed by atoms with Gasteiger partial charge in [0.15, 0.2) is 6.29 Å². The van der Waals surface area contributed by atoms with Crippen LogP contribution in [0.3, 0.4) is 0 Å². The maximum Gasteiger partial charge on any atom is 0.309 e. The Balaban J connectivity index is 1.07. The highest BCUT2D eigenvalue weighted by atomic mass is 16.7. The minimum Gasteiger partial charge on any atom is -0.463 e. The van der Waals surface area contributed by atoms with Gasteiger partial charge in [0.2, 0.25) is 41.7 Å². The van der Waals surface area contributed by atoms with E-state index in [0.717, 1.165) is 4.90 Å². The van der Waals surface area contributed by atoms with Crippen LogP contribution in [0.5, 0.6) is 5.75 Å². The van der Waals surface area contributed by atoms with Gasteiger partial charge in [0.05, 0.1) is 50.5 Å². The minimum atomic E-state index is -2.31. The van der Waals surface area contributed by atoms with Gasteiger partial charge in [-0.25, -0.2) is 4.90 Å². The lowest BCUT2D eigenvalue weighted by Crippen LogP contribution is -2.70. The Morgan fingerprint density at radius 3 is 1.83 bits per heavy atom. The molecular formula is C62H96N12O26. The van der Waals surface area contributed by atoms with Crippen LogP contribution >= 0.6 is 0 Å². The van der Waals surface area contributed by atoms with Crippen LogP contribution in [0, 0.1) is 5.92 Å². The van der Waals surface area contributed by atoms with Gasteiger partial charge in [-0.05, 0) is 36.1 Å². The summed E-state index contributed by atoms with van der Waals surface area (Å²) < 4.78 is 34.6. The van der Waals surface area contributed by atoms with E-state index in [9.17, 15) is 90.4 Å². The van der Waals surface area contributed by atoms with E-state index in [-0.39, 0.29) is 24.4 Å². The van der Waals surface area contributed by atoms with Crippen LogP contribution in [0.15, 0.2) is 54.6 Å². The van der Waals surface area contributed by atoms with Crippen LogP contribution in [0.2, 0.25) is 0 Å². The molecule has 560 valence electrons. The third kappa shape index (κ3) is 18.9. The molecule has 2 aromatic carbocycles. The van der Waals surface area contributed by atoms with Gasteiger partial charge in [0.25, 0.3) is 0 Å². The molecule has 0 bridgehead atoms. The Morgan fingerprint density at radius 2 is 1.20 bits per heavy atom. The Labute approximate surface area is 573 Å². The van der Waals surface area contributed by atoms with Crippen LogP contribution in [-0.4, -0.2) is 318 Å². The van der Waals surface area contributed by atoms with Crippen molar-refractivity contribution in [3.8, 4) is 5.75 Å². The van der Waals surface area contributed by atoms with Crippen molar-refractivity contribution in [3.63, 3.8) is 0 Å². The molecule has 27 atom stereocenters. The molecule has 2 unspecified atom stereocenters. The minimum absolute atomic E-state index is 0.0741. The first-order valence-corrected chi connectivity index (χ1v) is 33.2. The van der Waals surface area contributed by atoms with Crippen LogP contribution in [0.1, 0.15) is 63.5 Å². The van der Waals surface area contributed by atoms with Gasteiger partial charge in [-0.2, -0.15) is 0 Å². The summed E-state index contributed by atoms with van der Waals surface area (Å²) in [6.07, 6.45) is -31.6. The highest BCUT2D eigenvalue weighted by Gasteiger charge is 2.55. The molecule has 0 saturated carbocycles. The number of carbonyl (C=O) groups excluding carboxylic acids is 7. The summed E-state index contributed by atoms with van der Waals surface area (Å²) in [4.78, 5) is 102. The summed E-state index contributed by atoms with van der Waals surface area (Å²) in [7, 11) is 0. The number of nitrogens with one attached hydrogen (secondary N) is 9. The lowest BCUT2D eigenvalue weighted by atomic mass is 9.92. The maximum absolute atomic E-state index is 15.2. The number of hydrogen-bond acceptors (Lipinski definition) is 32. The van der Waals surface area contributed by atoms with E-state index < -0.39 is 252 Å². The molecule has 6 heterocycles. The number of nitrogens with zero attached hydrogens (tertiary/aromatic N) is 1. The smallest absolute Gasteiger partial charge is 0.309 e. The first-order chi connectivity index (χ1) is 47.6. The number of benzene rings is 2. The predicted octanol–water partition coefficient (Wildman–Crippen LogP) is -11.8. The van der Waals surface area contributed by atoms with Gasteiger partial charge in [0, 0.05) is 25.4 Å². The number of esters is 1. The van der Waals surface area contributed by atoms with Crippen molar-refractivity contribution in [2.75, 3.05) is 46.1 Å². The molecule has 8 rings (SSSR count). The second-order valence-corrected chi connectivity index (χ2v) is 25.7. The van der Waals surface area contributed by atoms with E-state index in [0.29, 0.717) is 31.2 Å². The zero-order valence-electron chi connectivity index (χ0n) is 55.1. The molecule has 38 nitrogen and oxygen atoms in total. The van der Waals surface area contributed by atoms with Gasteiger partial charge < -0.3 is 138 Å². The van der Waals surface area contributed by atoms with E-state index >= 15 is 9.59 Å². The first-order valence-electron chi connectivity index (χ1n) is 33.2. The lowest BCUT2D eigenvalue weighted by Gasteiger charge is -2.47. The van der Waals surface area contributed by atoms with E-state index in [1.165, 1.54) is 24.3 Å².